The van der Waals surface area contributed by atoms with Crippen LogP contribution in [0.4, 0.5) is 0 Å². The van der Waals surface area contributed by atoms with E-state index in [0.717, 1.165) is 13.0 Å². The highest BCUT2D eigenvalue weighted by molar-refractivity contribution is 7.89. The van der Waals surface area contributed by atoms with Gasteiger partial charge in [-0.3, -0.25) is 4.79 Å². The smallest absolute Gasteiger partial charge is 0.254 e. The van der Waals surface area contributed by atoms with Gasteiger partial charge >= 0.3 is 0 Å². The normalized spacial score (nSPS) is 22.3. The number of sulfonamides is 1. The Balaban J connectivity index is 1.69. The molecule has 2 aliphatic heterocycles. The number of hydrogen-bond acceptors (Lipinski definition) is 5. The van der Waals surface area contributed by atoms with Crippen LogP contribution in [0.5, 0.6) is 0 Å². The molecule has 0 saturated carbocycles. The molecule has 8 heteroatoms. The standard InChI is InChI=1S/C15H21N3O4S/c19-15(18-7-9-22-10-8-18)12-1-3-14(4-2-12)23(20,21)17-13-5-6-16-11-13/h1-4,13,16-17H,5-11H2. The van der Waals surface area contributed by atoms with Crippen molar-refractivity contribution in [2.45, 2.75) is 17.4 Å². The average Bonchev–Trinajstić information content (AvgIpc) is 3.07. The minimum atomic E-state index is -3.55. The van der Waals surface area contributed by atoms with Gasteiger partial charge in [-0.05, 0) is 37.2 Å². The van der Waals surface area contributed by atoms with Crippen LogP contribution in [0.25, 0.3) is 0 Å². The summed E-state index contributed by atoms with van der Waals surface area (Å²) in [6.07, 6.45) is 0.785. The molecule has 1 atom stereocenters. The summed E-state index contributed by atoms with van der Waals surface area (Å²) in [6.45, 7) is 3.67. The average molecular weight is 339 g/mol. The van der Waals surface area contributed by atoms with Crippen LogP contribution < -0.4 is 10.0 Å². The molecule has 2 fully saturated rings. The Morgan fingerprint density at radius 3 is 2.52 bits per heavy atom. The van der Waals surface area contributed by atoms with Crippen molar-refractivity contribution in [1.82, 2.24) is 14.9 Å². The van der Waals surface area contributed by atoms with Gasteiger partial charge in [-0.2, -0.15) is 0 Å². The SMILES string of the molecule is O=C(c1ccc(S(=O)(=O)NC2CCNC2)cc1)N1CCOCC1. The van der Waals surface area contributed by atoms with E-state index >= 15 is 0 Å². The molecule has 0 aliphatic carbocycles. The number of ether oxygens (including phenoxy) is 1. The van der Waals surface area contributed by atoms with Crippen LogP contribution >= 0.6 is 0 Å². The highest BCUT2D eigenvalue weighted by Gasteiger charge is 2.23. The Morgan fingerprint density at radius 2 is 1.91 bits per heavy atom. The number of rotatable bonds is 4. The number of benzene rings is 1. The monoisotopic (exact) mass is 339 g/mol. The second-order valence-corrected chi connectivity index (χ2v) is 7.45. The highest BCUT2D eigenvalue weighted by Crippen LogP contribution is 2.14. The summed E-state index contributed by atoms with van der Waals surface area (Å²) in [5.41, 5.74) is 0.494. The van der Waals surface area contributed by atoms with Gasteiger partial charge in [0.05, 0.1) is 18.1 Å². The molecule has 1 aromatic rings. The quantitative estimate of drug-likeness (QED) is 0.793. The van der Waals surface area contributed by atoms with Crippen LogP contribution in [-0.2, 0) is 14.8 Å². The summed E-state index contributed by atoms with van der Waals surface area (Å²) in [6, 6.07) is 6.03. The van der Waals surface area contributed by atoms with Gasteiger partial charge in [-0.1, -0.05) is 0 Å². The predicted octanol–water partition coefficient (Wildman–Crippen LogP) is -0.201. The van der Waals surface area contributed by atoms with Gasteiger partial charge in [0, 0.05) is 31.2 Å². The Morgan fingerprint density at radius 1 is 1.22 bits per heavy atom. The molecule has 23 heavy (non-hydrogen) atoms. The van der Waals surface area contributed by atoms with Crippen molar-refractivity contribution in [3.8, 4) is 0 Å². The van der Waals surface area contributed by atoms with Crippen LogP contribution in [0.2, 0.25) is 0 Å². The molecular formula is C15H21N3O4S. The molecule has 2 aliphatic rings. The molecule has 7 nitrogen and oxygen atoms in total. The summed E-state index contributed by atoms with van der Waals surface area (Å²) < 4.78 is 32.5. The number of nitrogens with zero attached hydrogens (tertiary/aromatic N) is 1. The fourth-order valence-electron chi connectivity index (χ4n) is 2.77. The second kappa shape index (κ2) is 6.96. The van der Waals surface area contributed by atoms with E-state index in [2.05, 4.69) is 10.0 Å². The van der Waals surface area contributed by atoms with Crippen molar-refractivity contribution in [2.75, 3.05) is 39.4 Å². The van der Waals surface area contributed by atoms with Crippen LogP contribution in [0.1, 0.15) is 16.8 Å². The zero-order valence-electron chi connectivity index (χ0n) is 12.8. The number of morpholine rings is 1. The van der Waals surface area contributed by atoms with Crippen molar-refractivity contribution in [3.63, 3.8) is 0 Å². The zero-order valence-corrected chi connectivity index (χ0v) is 13.6. The van der Waals surface area contributed by atoms with E-state index in [4.69, 9.17) is 4.74 Å². The number of nitrogens with one attached hydrogen (secondary N) is 2. The first-order valence-corrected chi connectivity index (χ1v) is 9.25. The first-order valence-electron chi connectivity index (χ1n) is 7.76. The maximum Gasteiger partial charge on any atom is 0.254 e. The minimum absolute atomic E-state index is 0.0744. The Hall–Kier alpha value is -1.48. The van der Waals surface area contributed by atoms with E-state index in [-0.39, 0.29) is 16.8 Å². The van der Waals surface area contributed by atoms with E-state index in [9.17, 15) is 13.2 Å². The van der Waals surface area contributed by atoms with Crippen molar-refractivity contribution in [2.24, 2.45) is 0 Å². The number of hydrogen-bond donors (Lipinski definition) is 2. The third-order valence-corrected chi connectivity index (χ3v) is 5.63. The Labute approximate surface area is 136 Å². The van der Waals surface area contributed by atoms with Crippen molar-refractivity contribution in [3.05, 3.63) is 29.8 Å². The molecule has 0 spiro atoms. The first kappa shape index (κ1) is 16.4. The van der Waals surface area contributed by atoms with E-state index in [1.807, 2.05) is 0 Å². The summed E-state index contributed by atoms with van der Waals surface area (Å²) in [5.74, 6) is -0.0924. The third-order valence-electron chi connectivity index (χ3n) is 4.09. The lowest BCUT2D eigenvalue weighted by Crippen LogP contribution is -2.40. The number of carbonyl (C=O) groups excluding carboxylic acids is 1. The summed E-state index contributed by atoms with van der Waals surface area (Å²) in [7, 11) is -3.55. The molecular weight excluding hydrogens is 318 g/mol. The fraction of sp³-hybridized carbons (Fsp3) is 0.533. The second-order valence-electron chi connectivity index (χ2n) is 5.74. The first-order chi connectivity index (χ1) is 11.1. The highest BCUT2D eigenvalue weighted by atomic mass is 32.2. The molecule has 1 aromatic carbocycles. The van der Waals surface area contributed by atoms with Gasteiger partial charge in [0.2, 0.25) is 10.0 Å². The predicted molar refractivity (Wildman–Crippen MR) is 84.8 cm³/mol. The molecule has 126 valence electrons. The number of carbonyl (C=O) groups is 1. The molecule has 3 rings (SSSR count). The van der Waals surface area contributed by atoms with Crippen LogP contribution in [-0.4, -0.2) is 64.7 Å². The van der Waals surface area contributed by atoms with Gasteiger partial charge in [0.15, 0.2) is 0 Å². The van der Waals surface area contributed by atoms with E-state index in [1.165, 1.54) is 12.1 Å². The van der Waals surface area contributed by atoms with Gasteiger partial charge in [-0.15, -0.1) is 0 Å². The number of amides is 1. The van der Waals surface area contributed by atoms with E-state index in [0.29, 0.717) is 38.4 Å². The van der Waals surface area contributed by atoms with E-state index < -0.39 is 10.0 Å². The van der Waals surface area contributed by atoms with Gasteiger partial charge < -0.3 is 15.0 Å². The molecule has 1 amide bonds. The topological polar surface area (TPSA) is 87.7 Å². The third kappa shape index (κ3) is 3.89. The molecule has 0 aromatic heterocycles. The zero-order chi connectivity index (χ0) is 16.3. The molecule has 2 saturated heterocycles. The van der Waals surface area contributed by atoms with Crippen LogP contribution in [0.3, 0.4) is 0 Å². The van der Waals surface area contributed by atoms with Crippen LogP contribution in [0.15, 0.2) is 29.2 Å². The lowest BCUT2D eigenvalue weighted by Gasteiger charge is -2.26. The summed E-state index contributed by atoms with van der Waals surface area (Å²) in [4.78, 5) is 14.2. The Bertz CT molecular complexity index is 648. The van der Waals surface area contributed by atoms with Gasteiger partial charge in [-0.25, -0.2) is 13.1 Å². The minimum Gasteiger partial charge on any atom is -0.378 e. The molecule has 0 radical (unpaired) electrons. The van der Waals surface area contributed by atoms with Gasteiger partial charge in [0.25, 0.3) is 5.91 Å². The van der Waals surface area contributed by atoms with E-state index in [1.54, 1.807) is 17.0 Å². The van der Waals surface area contributed by atoms with Crippen molar-refractivity contribution < 1.29 is 17.9 Å². The van der Waals surface area contributed by atoms with Crippen LogP contribution in [0, 0.1) is 0 Å². The lowest BCUT2D eigenvalue weighted by atomic mass is 10.2. The molecule has 0 bridgehead atoms. The molecule has 2 heterocycles. The summed E-state index contributed by atoms with van der Waals surface area (Å²) >= 11 is 0. The maximum absolute atomic E-state index is 12.3. The van der Waals surface area contributed by atoms with Gasteiger partial charge in [0.1, 0.15) is 0 Å². The fourth-order valence-corrected chi connectivity index (χ4v) is 4.04. The van der Waals surface area contributed by atoms with Crippen molar-refractivity contribution >= 4 is 15.9 Å². The Kier molecular flexibility index (Phi) is 4.96. The maximum atomic E-state index is 12.3. The lowest BCUT2D eigenvalue weighted by molar-refractivity contribution is 0.0303. The van der Waals surface area contributed by atoms with Crippen molar-refractivity contribution in [1.29, 1.82) is 0 Å². The summed E-state index contributed by atoms with van der Waals surface area (Å²) in [5, 5.41) is 3.12. The molecule has 2 N–H and O–H groups in total. The molecule has 1 unspecified atom stereocenters. The largest absolute Gasteiger partial charge is 0.378 e.